The van der Waals surface area contributed by atoms with Gasteiger partial charge < -0.3 is 4.90 Å². The second-order valence-corrected chi connectivity index (χ2v) is 10.3. The van der Waals surface area contributed by atoms with Gasteiger partial charge in [0.05, 0.1) is 16.5 Å². The van der Waals surface area contributed by atoms with Crippen LogP contribution in [0.4, 0.5) is 0 Å². The van der Waals surface area contributed by atoms with Gasteiger partial charge in [0.15, 0.2) is 0 Å². The Labute approximate surface area is 185 Å². The number of rotatable bonds is 6. The van der Waals surface area contributed by atoms with Gasteiger partial charge in [0.25, 0.3) is 0 Å². The third-order valence-corrected chi connectivity index (χ3v) is 7.75. The summed E-state index contributed by atoms with van der Waals surface area (Å²) >= 11 is 0. The minimum absolute atomic E-state index is 0.0145. The summed E-state index contributed by atoms with van der Waals surface area (Å²) < 4.78 is 27.5. The van der Waals surface area contributed by atoms with Crippen molar-refractivity contribution < 1.29 is 13.2 Å². The average Bonchev–Trinajstić information content (AvgIpc) is 2.78. The fourth-order valence-corrected chi connectivity index (χ4v) is 5.39. The van der Waals surface area contributed by atoms with Gasteiger partial charge in [-0.2, -0.15) is 9.57 Å². The van der Waals surface area contributed by atoms with E-state index >= 15 is 0 Å². The Hall–Kier alpha value is -2.69. The maximum absolute atomic E-state index is 13.0. The normalized spacial score (nSPS) is 15.6. The molecule has 1 saturated heterocycles. The molecule has 0 saturated carbocycles. The molecule has 7 heteroatoms. The zero-order valence-electron chi connectivity index (χ0n) is 18.3. The molecule has 0 atom stereocenters. The number of hydrogen-bond acceptors (Lipinski definition) is 4. The summed E-state index contributed by atoms with van der Waals surface area (Å²) in [5, 5.41) is 9.04. The maximum atomic E-state index is 13.0. The van der Waals surface area contributed by atoms with Gasteiger partial charge in [-0.3, -0.25) is 4.79 Å². The van der Waals surface area contributed by atoms with Gasteiger partial charge >= 0.3 is 0 Å². The van der Waals surface area contributed by atoms with Crippen molar-refractivity contribution >= 4 is 15.9 Å². The van der Waals surface area contributed by atoms with Gasteiger partial charge in [-0.1, -0.05) is 38.1 Å². The van der Waals surface area contributed by atoms with Gasteiger partial charge in [0.2, 0.25) is 15.9 Å². The highest BCUT2D eigenvalue weighted by molar-refractivity contribution is 7.89. The van der Waals surface area contributed by atoms with E-state index in [9.17, 15) is 13.2 Å². The van der Waals surface area contributed by atoms with Crippen LogP contribution in [0.25, 0.3) is 0 Å². The number of nitriles is 1. The molecule has 0 N–H and O–H groups in total. The van der Waals surface area contributed by atoms with Crippen LogP contribution in [-0.4, -0.2) is 43.7 Å². The molecule has 1 aliphatic rings. The predicted octanol–water partition coefficient (Wildman–Crippen LogP) is 3.74. The molecule has 0 unspecified atom stereocenters. The quantitative estimate of drug-likeness (QED) is 0.687. The lowest BCUT2D eigenvalue weighted by Crippen LogP contribution is -2.43. The van der Waals surface area contributed by atoms with Crippen molar-refractivity contribution in [2.75, 3.05) is 20.1 Å². The molecule has 2 aromatic rings. The van der Waals surface area contributed by atoms with Crippen LogP contribution in [0.5, 0.6) is 0 Å². The lowest BCUT2D eigenvalue weighted by Gasteiger charge is -2.32. The van der Waals surface area contributed by atoms with Gasteiger partial charge in [0.1, 0.15) is 0 Å². The van der Waals surface area contributed by atoms with E-state index in [0.29, 0.717) is 48.9 Å². The molecule has 1 amide bonds. The fraction of sp³-hybridized carbons (Fsp3) is 0.417. The zero-order chi connectivity index (χ0) is 22.6. The topological polar surface area (TPSA) is 81.5 Å². The van der Waals surface area contributed by atoms with E-state index in [2.05, 4.69) is 19.9 Å². The highest BCUT2D eigenvalue weighted by Gasteiger charge is 2.33. The summed E-state index contributed by atoms with van der Waals surface area (Å²) in [6.07, 6.45) is 1.01. The molecule has 1 aliphatic heterocycles. The molecule has 0 radical (unpaired) electrons. The van der Waals surface area contributed by atoms with Crippen molar-refractivity contribution in [3.8, 4) is 6.07 Å². The number of carbonyl (C=O) groups excluding carboxylic acids is 1. The fourth-order valence-electron chi connectivity index (χ4n) is 3.92. The number of piperidine rings is 1. The Morgan fingerprint density at radius 3 is 2.39 bits per heavy atom. The van der Waals surface area contributed by atoms with Crippen molar-refractivity contribution in [3.63, 3.8) is 0 Å². The van der Waals surface area contributed by atoms with Crippen molar-refractivity contribution in [3.05, 3.63) is 65.2 Å². The largest absolute Gasteiger partial charge is 0.341 e. The van der Waals surface area contributed by atoms with E-state index in [-0.39, 0.29) is 11.8 Å². The first-order valence-corrected chi connectivity index (χ1v) is 12.0. The Morgan fingerprint density at radius 1 is 1.16 bits per heavy atom. The standard InChI is InChI=1S/C24H29N3O3S/c1-18(2)21-7-9-23(10-8-21)31(29,30)27-13-11-22(12-14-27)24(28)26(3)17-20-6-4-5-19(15-20)16-25/h4-10,15,18,22H,11-14,17H2,1-3H3. The summed E-state index contributed by atoms with van der Waals surface area (Å²) in [6, 6.07) is 16.4. The number of amides is 1. The van der Waals surface area contributed by atoms with E-state index in [1.807, 2.05) is 24.3 Å². The Morgan fingerprint density at radius 2 is 1.81 bits per heavy atom. The second kappa shape index (κ2) is 9.63. The smallest absolute Gasteiger partial charge is 0.243 e. The van der Waals surface area contributed by atoms with E-state index in [0.717, 1.165) is 11.1 Å². The average molecular weight is 440 g/mol. The van der Waals surface area contributed by atoms with E-state index in [4.69, 9.17) is 5.26 Å². The lowest BCUT2D eigenvalue weighted by molar-refractivity contribution is -0.135. The lowest BCUT2D eigenvalue weighted by atomic mass is 9.96. The number of benzene rings is 2. The third-order valence-electron chi connectivity index (χ3n) is 5.84. The molecule has 0 aliphatic carbocycles. The van der Waals surface area contributed by atoms with Gasteiger partial charge in [-0.15, -0.1) is 0 Å². The van der Waals surface area contributed by atoms with E-state index in [1.54, 1.807) is 36.2 Å². The summed E-state index contributed by atoms with van der Waals surface area (Å²) in [5.74, 6) is 0.164. The van der Waals surface area contributed by atoms with Crippen LogP contribution in [0.15, 0.2) is 53.4 Å². The van der Waals surface area contributed by atoms with Crippen LogP contribution >= 0.6 is 0 Å². The molecule has 0 bridgehead atoms. The zero-order valence-corrected chi connectivity index (χ0v) is 19.1. The predicted molar refractivity (Wildman–Crippen MR) is 120 cm³/mol. The maximum Gasteiger partial charge on any atom is 0.243 e. The molecule has 6 nitrogen and oxygen atoms in total. The van der Waals surface area contributed by atoms with Crippen LogP contribution in [0.3, 0.4) is 0 Å². The van der Waals surface area contributed by atoms with Crippen LogP contribution in [-0.2, 0) is 21.4 Å². The highest BCUT2D eigenvalue weighted by Crippen LogP contribution is 2.26. The molecular weight excluding hydrogens is 410 g/mol. The summed E-state index contributed by atoms with van der Waals surface area (Å²) in [6.45, 7) is 5.24. The first-order valence-electron chi connectivity index (χ1n) is 10.6. The van der Waals surface area contributed by atoms with E-state index < -0.39 is 10.0 Å². The number of hydrogen-bond donors (Lipinski definition) is 0. The highest BCUT2D eigenvalue weighted by atomic mass is 32.2. The molecule has 164 valence electrons. The minimum atomic E-state index is -3.55. The van der Waals surface area contributed by atoms with Gasteiger partial charge in [-0.05, 0) is 54.2 Å². The van der Waals surface area contributed by atoms with E-state index in [1.165, 1.54) is 4.31 Å². The van der Waals surface area contributed by atoms with Crippen LogP contribution in [0.2, 0.25) is 0 Å². The molecule has 1 fully saturated rings. The number of sulfonamides is 1. The molecule has 31 heavy (non-hydrogen) atoms. The van der Waals surface area contributed by atoms with Crippen molar-refractivity contribution in [1.29, 1.82) is 5.26 Å². The summed E-state index contributed by atoms with van der Waals surface area (Å²) in [7, 11) is -1.80. The monoisotopic (exact) mass is 439 g/mol. The SMILES string of the molecule is CC(C)c1ccc(S(=O)(=O)N2CCC(C(=O)N(C)Cc3cccc(C#N)c3)CC2)cc1. The second-order valence-electron chi connectivity index (χ2n) is 8.41. The van der Waals surface area contributed by atoms with Crippen LogP contribution in [0.1, 0.15) is 49.3 Å². The van der Waals surface area contributed by atoms with Crippen molar-refractivity contribution in [1.82, 2.24) is 9.21 Å². The molecule has 2 aromatic carbocycles. The third kappa shape index (κ3) is 5.33. The molecular formula is C24H29N3O3S. The Kier molecular flexibility index (Phi) is 7.14. The number of carbonyl (C=O) groups is 1. The first-order chi connectivity index (χ1) is 14.7. The summed E-state index contributed by atoms with van der Waals surface area (Å²) in [5.41, 5.74) is 2.57. The van der Waals surface area contributed by atoms with Crippen molar-refractivity contribution in [2.45, 2.75) is 44.0 Å². The minimum Gasteiger partial charge on any atom is -0.341 e. The molecule has 0 spiro atoms. The molecule has 3 rings (SSSR count). The Bertz CT molecular complexity index is 1060. The molecule has 0 aromatic heterocycles. The van der Waals surface area contributed by atoms with Crippen LogP contribution < -0.4 is 0 Å². The summed E-state index contributed by atoms with van der Waals surface area (Å²) in [4.78, 5) is 14.8. The van der Waals surface area contributed by atoms with Gasteiger partial charge in [0, 0.05) is 32.6 Å². The Balaban J connectivity index is 1.60. The first kappa shape index (κ1) is 23.0. The van der Waals surface area contributed by atoms with Gasteiger partial charge in [-0.25, -0.2) is 8.42 Å². The van der Waals surface area contributed by atoms with Crippen LogP contribution in [0, 0.1) is 17.2 Å². The van der Waals surface area contributed by atoms with Crippen molar-refractivity contribution in [2.24, 2.45) is 5.92 Å². The molecule has 1 heterocycles. The number of nitrogens with zero attached hydrogens (tertiary/aromatic N) is 3.